The van der Waals surface area contributed by atoms with E-state index in [1.165, 1.54) is 0 Å². The highest BCUT2D eigenvalue weighted by atomic mass is 79.9. The van der Waals surface area contributed by atoms with Crippen molar-refractivity contribution in [2.24, 2.45) is 0 Å². The molecule has 0 aliphatic carbocycles. The number of hydrogen-bond acceptors (Lipinski definition) is 1. The van der Waals surface area contributed by atoms with Gasteiger partial charge in [0.15, 0.2) is 0 Å². The number of amides is 1. The molecule has 1 N–H and O–H groups in total. The number of alkyl halides is 1. The van der Waals surface area contributed by atoms with Crippen molar-refractivity contribution in [3.63, 3.8) is 0 Å². The number of carbonyl (C=O) groups is 1. The molecule has 0 aromatic heterocycles. The van der Waals surface area contributed by atoms with Crippen LogP contribution in [-0.2, 0) is 4.79 Å². The maximum Gasteiger partial charge on any atom is 0.242 e. The van der Waals surface area contributed by atoms with Crippen LogP contribution in [-0.4, -0.2) is 12.5 Å². The van der Waals surface area contributed by atoms with Gasteiger partial charge in [0.05, 0.1) is 5.02 Å². The molecule has 1 unspecified atom stereocenters. The summed E-state index contributed by atoms with van der Waals surface area (Å²) in [6.45, 7) is 2.62. The molecular formula is C11H12BrCl2NO. The Kier molecular flexibility index (Phi) is 5.59. The van der Waals surface area contributed by atoms with E-state index in [0.29, 0.717) is 17.1 Å². The molecule has 0 fully saturated rings. The van der Waals surface area contributed by atoms with Gasteiger partial charge < -0.3 is 5.32 Å². The van der Waals surface area contributed by atoms with Gasteiger partial charge >= 0.3 is 0 Å². The summed E-state index contributed by atoms with van der Waals surface area (Å²) >= 11 is 15.2. The Labute approximate surface area is 113 Å². The van der Waals surface area contributed by atoms with Crippen LogP contribution in [0.5, 0.6) is 0 Å². The standard InChI is InChI=1S/C11H12BrCl2NO/c1-2-5-15-11(16)10(14)7-3-4-8(12)9(13)6-7/h3-4,6,10H,2,5H2,1H3,(H,15,16). The molecule has 16 heavy (non-hydrogen) atoms. The Bertz CT molecular complexity index is 384. The van der Waals surface area contributed by atoms with Crippen molar-refractivity contribution >= 4 is 45.0 Å². The second-order valence-electron chi connectivity index (χ2n) is 3.33. The van der Waals surface area contributed by atoms with Gasteiger partial charge in [-0.25, -0.2) is 0 Å². The molecule has 0 saturated carbocycles. The van der Waals surface area contributed by atoms with E-state index in [4.69, 9.17) is 23.2 Å². The van der Waals surface area contributed by atoms with E-state index >= 15 is 0 Å². The third-order valence-corrected chi connectivity index (χ3v) is 3.70. The third-order valence-electron chi connectivity index (χ3n) is 2.02. The fraction of sp³-hybridized carbons (Fsp3) is 0.364. The summed E-state index contributed by atoms with van der Waals surface area (Å²) in [4.78, 5) is 11.6. The lowest BCUT2D eigenvalue weighted by molar-refractivity contribution is -0.120. The number of halogens is 3. The summed E-state index contributed by atoms with van der Waals surface area (Å²) in [6, 6.07) is 5.24. The number of nitrogens with one attached hydrogen (secondary N) is 1. The molecule has 0 heterocycles. The fourth-order valence-corrected chi connectivity index (χ4v) is 1.81. The average Bonchev–Trinajstić information content (AvgIpc) is 2.28. The maximum absolute atomic E-state index is 11.6. The highest BCUT2D eigenvalue weighted by Crippen LogP contribution is 2.28. The normalized spacial score (nSPS) is 12.2. The van der Waals surface area contributed by atoms with Crippen molar-refractivity contribution in [2.75, 3.05) is 6.54 Å². The number of carbonyl (C=O) groups excluding carboxylic acids is 1. The summed E-state index contributed by atoms with van der Waals surface area (Å²) in [5.41, 5.74) is 0.698. The van der Waals surface area contributed by atoms with Crippen molar-refractivity contribution in [1.29, 1.82) is 0 Å². The molecule has 0 saturated heterocycles. The van der Waals surface area contributed by atoms with Gasteiger partial charge in [0, 0.05) is 11.0 Å². The largest absolute Gasteiger partial charge is 0.355 e. The zero-order chi connectivity index (χ0) is 12.1. The first-order valence-corrected chi connectivity index (χ1v) is 6.53. The second-order valence-corrected chi connectivity index (χ2v) is 5.03. The molecule has 5 heteroatoms. The van der Waals surface area contributed by atoms with Crippen molar-refractivity contribution < 1.29 is 4.79 Å². The topological polar surface area (TPSA) is 29.1 Å². The molecule has 0 radical (unpaired) electrons. The quantitative estimate of drug-likeness (QED) is 0.836. The Morgan fingerprint density at radius 2 is 2.25 bits per heavy atom. The van der Waals surface area contributed by atoms with E-state index in [9.17, 15) is 4.79 Å². The molecule has 0 spiro atoms. The fourth-order valence-electron chi connectivity index (χ4n) is 1.16. The van der Waals surface area contributed by atoms with Crippen LogP contribution in [0.4, 0.5) is 0 Å². The third kappa shape index (κ3) is 3.65. The number of benzene rings is 1. The molecule has 1 aromatic carbocycles. The van der Waals surface area contributed by atoms with Gasteiger partial charge in [-0.05, 0) is 40.0 Å². The summed E-state index contributed by atoms with van der Waals surface area (Å²) < 4.78 is 0.788. The lowest BCUT2D eigenvalue weighted by atomic mass is 10.1. The smallest absolute Gasteiger partial charge is 0.242 e. The lowest BCUT2D eigenvalue weighted by Crippen LogP contribution is -2.27. The minimum Gasteiger partial charge on any atom is -0.355 e. The molecule has 1 aromatic rings. The van der Waals surface area contributed by atoms with Crippen molar-refractivity contribution in [2.45, 2.75) is 18.7 Å². The molecule has 88 valence electrons. The van der Waals surface area contributed by atoms with Crippen LogP contribution in [0.25, 0.3) is 0 Å². The summed E-state index contributed by atoms with van der Waals surface area (Å²) in [5.74, 6) is -0.193. The van der Waals surface area contributed by atoms with Crippen molar-refractivity contribution in [3.8, 4) is 0 Å². The molecule has 2 nitrogen and oxygen atoms in total. The SMILES string of the molecule is CCCNC(=O)C(Cl)c1ccc(Br)c(Cl)c1. The van der Waals surface area contributed by atoms with Crippen molar-refractivity contribution in [3.05, 3.63) is 33.3 Å². The molecule has 1 atom stereocenters. The first kappa shape index (κ1) is 13.8. The van der Waals surface area contributed by atoms with Crippen LogP contribution in [0.1, 0.15) is 24.3 Å². The highest BCUT2D eigenvalue weighted by Gasteiger charge is 2.17. The number of hydrogen-bond donors (Lipinski definition) is 1. The molecule has 0 bridgehead atoms. The first-order valence-electron chi connectivity index (χ1n) is 4.93. The predicted octanol–water partition coefficient (Wildman–Crippen LogP) is 3.91. The highest BCUT2D eigenvalue weighted by molar-refractivity contribution is 9.10. The predicted molar refractivity (Wildman–Crippen MR) is 71.0 cm³/mol. The van der Waals surface area contributed by atoms with E-state index in [2.05, 4.69) is 21.2 Å². The van der Waals surface area contributed by atoms with Crippen LogP contribution >= 0.6 is 39.1 Å². The average molecular weight is 325 g/mol. The lowest BCUT2D eigenvalue weighted by Gasteiger charge is -2.10. The summed E-state index contributed by atoms with van der Waals surface area (Å²) in [5, 5.41) is 2.59. The minimum atomic E-state index is -0.697. The molecule has 1 rings (SSSR count). The van der Waals surface area contributed by atoms with E-state index in [-0.39, 0.29) is 5.91 Å². The zero-order valence-corrected chi connectivity index (χ0v) is 11.9. The Morgan fingerprint density at radius 3 is 2.81 bits per heavy atom. The molecular weight excluding hydrogens is 313 g/mol. The Balaban J connectivity index is 2.75. The van der Waals surface area contributed by atoms with E-state index < -0.39 is 5.38 Å². The first-order chi connectivity index (χ1) is 7.56. The van der Waals surface area contributed by atoms with Gasteiger partial charge in [-0.15, -0.1) is 11.6 Å². The van der Waals surface area contributed by atoms with Crippen LogP contribution < -0.4 is 5.32 Å². The number of rotatable bonds is 4. The van der Waals surface area contributed by atoms with Crippen molar-refractivity contribution in [1.82, 2.24) is 5.32 Å². The van der Waals surface area contributed by atoms with Gasteiger partial charge in [-0.3, -0.25) is 4.79 Å². The Morgan fingerprint density at radius 1 is 1.56 bits per heavy atom. The van der Waals surface area contributed by atoms with Crippen LogP contribution in [0, 0.1) is 0 Å². The second kappa shape index (κ2) is 6.48. The molecule has 0 aliphatic rings. The molecule has 0 aliphatic heterocycles. The van der Waals surface area contributed by atoms with Gasteiger partial charge in [-0.2, -0.15) is 0 Å². The zero-order valence-electron chi connectivity index (χ0n) is 8.77. The monoisotopic (exact) mass is 323 g/mol. The van der Waals surface area contributed by atoms with Gasteiger partial charge in [0.2, 0.25) is 5.91 Å². The van der Waals surface area contributed by atoms with Gasteiger partial charge in [0.25, 0.3) is 0 Å². The summed E-state index contributed by atoms with van der Waals surface area (Å²) in [6.07, 6.45) is 0.885. The molecule has 1 amide bonds. The van der Waals surface area contributed by atoms with Crippen LogP contribution in [0.15, 0.2) is 22.7 Å². The minimum absolute atomic E-state index is 0.193. The summed E-state index contributed by atoms with van der Waals surface area (Å²) in [7, 11) is 0. The van der Waals surface area contributed by atoms with Gasteiger partial charge in [0.1, 0.15) is 5.38 Å². The maximum atomic E-state index is 11.6. The van der Waals surface area contributed by atoms with E-state index in [1.807, 2.05) is 6.92 Å². The van der Waals surface area contributed by atoms with E-state index in [1.54, 1.807) is 18.2 Å². The van der Waals surface area contributed by atoms with Gasteiger partial charge in [-0.1, -0.05) is 24.6 Å². The van der Waals surface area contributed by atoms with E-state index in [0.717, 1.165) is 10.9 Å². The van der Waals surface area contributed by atoms with Crippen LogP contribution in [0.2, 0.25) is 5.02 Å². The Hall–Kier alpha value is -0.250. The van der Waals surface area contributed by atoms with Crippen LogP contribution in [0.3, 0.4) is 0 Å².